The van der Waals surface area contributed by atoms with Crippen LogP contribution in [0.3, 0.4) is 0 Å². The molecule has 1 aromatic heterocycles. The zero-order valence-corrected chi connectivity index (χ0v) is 21.0. The summed E-state index contributed by atoms with van der Waals surface area (Å²) in [7, 11) is 3.21. The highest BCUT2D eigenvalue weighted by atomic mass is 16.5. The van der Waals surface area contributed by atoms with E-state index in [4.69, 9.17) is 24.1 Å². The van der Waals surface area contributed by atoms with Gasteiger partial charge in [-0.1, -0.05) is 6.42 Å². The highest BCUT2D eigenvalue weighted by Gasteiger charge is 2.26. The molecular formula is C26H34N2O8. The van der Waals surface area contributed by atoms with Crippen LogP contribution in [-0.4, -0.2) is 78.4 Å². The molecule has 0 amide bonds. The van der Waals surface area contributed by atoms with Crippen molar-refractivity contribution in [3.63, 3.8) is 0 Å². The van der Waals surface area contributed by atoms with Gasteiger partial charge in [0.2, 0.25) is 0 Å². The Balaban J connectivity index is 0.000000392. The van der Waals surface area contributed by atoms with Crippen molar-refractivity contribution in [2.45, 2.75) is 45.2 Å². The SMILES string of the molecule is COc1cc2oc(=O)c3c(c2cc1OC)CCN(CC(C)N1CCCCC1)C3.O=C(O)/C=C\C(=O)O. The molecule has 36 heavy (non-hydrogen) atoms. The normalized spacial score (nSPS) is 17.2. The molecule has 0 saturated carbocycles. The second-order valence-electron chi connectivity index (χ2n) is 8.99. The lowest BCUT2D eigenvalue weighted by atomic mass is 9.96. The van der Waals surface area contributed by atoms with Crippen molar-refractivity contribution in [1.29, 1.82) is 0 Å². The third-order valence-electron chi connectivity index (χ3n) is 6.59. The molecule has 2 N–H and O–H groups in total. The van der Waals surface area contributed by atoms with Crippen molar-refractivity contribution < 1.29 is 33.7 Å². The molecule has 2 aliphatic rings. The van der Waals surface area contributed by atoms with Crippen LogP contribution in [0.5, 0.6) is 11.5 Å². The van der Waals surface area contributed by atoms with Gasteiger partial charge in [-0.2, -0.15) is 0 Å². The van der Waals surface area contributed by atoms with E-state index in [2.05, 4.69) is 16.7 Å². The van der Waals surface area contributed by atoms with Crippen LogP contribution in [0.1, 0.15) is 37.3 Å². The first-order chi connectivity index (χ1) is 17.2. The zero-order valence-electron chi connectivity index (χ0n) is 21.0. The number of methoxy groups -OCH3 is 2. The Labute approximate surface area is 209 Å². The predicted octanol–water partition coefficient (Wildman–Crippen LogP) is 2.75. The van der Waals surface area contributed by atoms with E-state index in [1.54, 1.807) is 20.3 Å². The van der Waals surface area contributed by atoms with Crippen molar-refractivity contribution in [1.82, 2.24) is 9.80 Å². The molecule has 10 heteroatoms. The number of ether oxygens (including phenoxy) is 2. The first kappa shape index (κ1) is 27.2. The Morgan fingerprint density at radius 2 is 1.61 bits per heavy atom. The van der Waals surface area contributed by atoms with E-state index in [1.807, 2.05) is 6.07 Å². The minimum Gasteiger partial charge on any atom is -0.493 e. The van der Waals surface area contributed by atoms with E-state index in [0.29, 0.717) is 41.8 Å². The molecule has 10 nitrogen and oxygen atoms in total. The minimum atomic E-state index is -1.26. The van der Waals surface area contributed by atoms with Gasteiger partial charge in [0.15, 0.2) is 11.5 Å². The summed E-state index contributed by atoms with van der Waals surface area (Å²) in [6.45, 7) is 7.29. The van der Waals surface area contributed by atoms with Crippen LogP contribution in [0.4, 0.5) is 0 Å². The summed E-state index contributed by atoms with van der Waals surface area (Å²) in [6.07, 6.45) is 5.91. The number of benzene rings is 1. The van der Waals surface area contributed by atoms with E-state index < -0.39 is 11.9 Å². The number of fused-ring (bicyclic) bond motifs is 3. The number of carboxylic acids is 2. The summed E-state index contributed by atoms with van der Waals surface area (Å²) in [5.41, 5.74) is 2.22. The number of carbonyl (C=O) groups is 2. The van der Waals surface area contributed by atoms with Gasteiger partial charge in [0.1, 0.15) is 5.58 Å². The average molecular weight is 503 g/mol. The minimum absolute atomic E-state index is 0.231. The smallest absolute Gasteiger partial charge is 0.341 e. The van der Waals surface area contributed by atoms with Crippen LogP contribution in [0.2, 0.25) is 0 Å². The van der Waals surface area contributed by atoms with Gasteiger partial charge in [-0.15, -0.1) is 0 Å². The molecule has 1 saturated heterocycles. The summed E-state index contributed by atoms with van der Waals surface area (Å²) < 4.78 is 16.4. The molecule has 0 aliphatic carbocycles. The van der Waals surface area contributed by atoms with Crippen LogP contribution in [0.15, 0.2) is 33.5 Å². The Bertz CT molecular complexity index is 1150. The molecule has 3 heterocycles. The number of likely N-dealkylation sites (tertiary alicyclic amines) is 1. The number of carboxylic acid groups (broad SMARTS) is 2. The van der Waals surface area contributed by atoms with Crippen molar-refractivity contribution in [2.24, 2.45) is 0 Å². The summed E-state index contributed by atoms with van der Waals surface area (Å²) in [5.74, 6) is -1.28. The highest BCUT2D eigenvalue weighted by Crippen LogP contribution is 2.35. The quantitative estimate of drug-likeness (QED) is 0.431. The summed E-state index contributed by atoms with van der Waals surface area (Å²) >= 11 is 0. The lowest BCUT2D eigenvalue weighted by Gasteiger charge is -2.37. The lowest BCUT2D eigenvalue weighted by molar-refractivity contribution is -0.134. The monoisotopic (exact) mass is 502 g/mol. The van der Waals surface area contributed by atoms with Gasteiger partial charge in [-0.3, -0.25) is 9.80 Å². The van der Waals surface area contributed by atoms with Crippen molar-refractivity contribution in [3.05, 3.63) is 45.8 Å². The van der Waals surface area contributed by atoms with Gasteiger partial charge in [-0.25, -0.2) is 14.4 Å². The maximum absolute atomic E-state index is 12.7. The largest absolute Gasteiger partial charge is 0.493 e. The van der Waals surface area contributed by atoms with Gasteiger partial charge in [0, 0.05) is 49.3 Å². The van der Waals surface area contributed by atoms with Crippen LogP contribution < -0.4 is 15.1 Å². The number of aliphatic carboxylic acids is 2. The summed E-state index contributed by atoms with van der Waals surface area (Å²) in [4.78, 5) is 36.8. The molecule has 4 rings (SSSR count). The first-order valence-electron chi connectivity index (χ1n) is 12.0. The van der Waals surface area contributed by atoms with E-state index in [9.17, 15) is 14.4 Å². The maximum atomic E-state index is 12.7. The Kier molecular flexibility index (Phi) is 9.49. The number of piperidine rings is 1. The molecule has 1 atom stereocenters. The molecule has 0 spiro atoms. The molecule has 2 aromatic rings. The first-order valence-corrected chi connectivity index (χ1v) is 12.0. The van der Waals surface area contributed by atoms with Gasteiger partial charge in [0.25, 0.3) is 0 Å². The molecule has 1 unspecified atom stereocenters. The molecule has 0 bridgehead atoms. The van der Waals surface area contributed by atoms with Gasteiger partial charge in [0.05, 0.1) is 19.8 Å². The summed E-state index contributed by atoms with van der Waals surface area (Å²) in [5, 5.41) is 16.6. The Hall–Kier alpha value is -3.37. The average Bonchev–Trinajstić information content (AvgIpc) is 2.87. The standard InChI is InChI=1S/C22H30N2O4.C4H4O4/c1-15(24-8-5-4-6-9-24)13-23-10-7-16-17-11-20(26-2)21(27-3)12-19(17)28-22(25)18(16)14-23;5-3(6)1-2-4(7)8/h11-12,15H,4-10,13-14H2,1-3H3;1-2H,(H,5,6)(H,7,8)/b;2-1-. The fraction of sp³-hybridized carbons (Fsp3) is 0.500. The van der Waals surface area contributed by atoms with Crippen molar-refractivity contribution in [3.8, 4) is 11.5 Å². The van der Waals surface area contributed by atoms with Crippen LogP contribution in [0, 0.1) is 0 Å². The maximum Gasteiger partial charge on any atom is 0.341 e. The van der Waals surface area contributed by atoms with E-state index in [0.717, 1.165) is 36.0 Å². The highest BCUT2D eigenvalue weighted by molar-refractivity contribution is 5.89. The molecule has 196 valence electrons. The van der Waals surface area contributed by atoms with E-state index in [1.165, 1.54) is 32.4 Å². The summed E-state index contributed by atoms with van der Waals surface area (Å²) in [6, 6.07) is 4.20. The van der Waals surface area contributed by atoms with Gasteiger partial charge < -0.3 is 24.1 Å². The molecule has 1 fully saturated rings. The molecule has 1 aromatic carbocycles. The molecule has 0 radical (unpaired) electrons. The second kappa shape index (κ2) is 12.5. The predicted molar refractivity (Wildman–Crippen MR) is 134 cm³/mol. The van der Waals surface area contributed by atoms with Crippen LogP contribution in [0.25, 0.3) is 11.0 Å². The van der Waals surface area contributed by atoms with E-state index in [-0.39, 0.29) is 5.63 Å². The Morgan fingerprint density at radius 1 is 1.00 bits per heavy atom. The van der Waals surface area contributed by atoms with Gasteiger partial charge >= 0.3 is 17.6 Å². The second-order valence-corrected chi connectivity index (χ2v) is 8.99. The molecule has 2 aliphatic heterocycles. The lowest BCUT2D eigenvalue weighted by Crippen LogP contribution is -2.46. The molecular weight excluding hydrogens is 468 g/mol. The number of rotatable bonds is 7. The van der Waals surface area contributed by atoms with Crippen LogP contribution >= 0.6 is 0 Å². The third-order valence-corrected chi connectivity index (χ3v) is 6.59. The third kappa shape index (κ3) is 6.86. The number of hydrogen-bond donors (Lipinski definition) is 2. The fourth-order valence-corrected chi connectivity index (χ4v) is 4.79. The van der Waals surface area contributed by atoms with Crippen molar-refractivity contribution in [2.75, 3.05) is 40.4 Å². The van der Waals surface area contributed by atoms with Gasteiger partial charge in [-0.05, 0) is 50.9 Å². The van der Waals surface area contributed by atoms with E-state index >= 15 is 0 Å². The van der Waals surface area contributed by atoms with Crippen molar-refractivity contribution >= 4 is 22.9 Å². The van der Waals surface area contributed by atoms with Crippen LogP contribution in [-0.2, 0) is 22.6 Å². The number of nitrogens with zero attached hydrogens (tertiary/aromatic N) is 2. The zero-order chi connectivity index (χ0) is 26.2. The fourth-order valence-electron chi connectivity index (χ4n) is 4.79. The Morgan fingerprint density at radius 3 is 2.19 bits per heavy atom. The number of hydrogen-bond acceptors (Lipinski definition) is 8. The topological polar surface area (TPSA) is 130 Å².